The van der Waals surface area contributed by atoms with Crippen molar-refractivity contribution in [3.05, 3.63) is 59.8 Å². The van der Waals surface area contributed by atoms with Crippen molar-refractivity contribution in [1.29, 1.82) is 0 Å². The molecule has 0 atom stereocenters. The van der Waals surface area contributed by atoms with Crippen molar-refractivity contribution in [1.82, 2.24) is 19.7 Å². The molecule has 0 unspecified atom stereocenters. The van der Waals surface area contributed by atoms with Crippen molar-refractivity contribution < 1.29 is 4.74 Å². The Balaban J connectivity index is 1.78. The van der Waals surface area contributed by atoms with Crippen LogP contribution in [0.3, 0.4) is 0 Å². The largest absolute Gasteiger partial charge is 0.497 e. The lowest BCUT2D eigenvalue weighted by Crippen LogP contribution is -1.99. The Kier molecular flexibility index (Phi) is 3.83. The average molecular weight is 301 g/mol. The van der Waals surface area contributed by atoms with Crippen LogP contribution in [0.25, 0.3) is 11.3 Å². The van der Waals surface area contributed by atoms with Crippen LogP contribution in [0, 0.1) is 0 Å². The van der Waals surface area contributed by atoms with Gasteiger partial charge in [-0.15, -0.1) is 0 Å². The van der Waals surface area contributed by atoms with E-state index in [0.29, 0.717) is 11.7 Å². The number of rotatable bonds is 4. The van der Waals surface area contributed by atoms with Crippen LogP contribution in [-0.4, -0.2) is 26.9 Å². The molecular formula is C15H13ClN4O. The first-order valence-electron chi connectivity index (χ1n) is 6.38. The zero-order valence-corrected chi connectivity index (χ0v) is 12.2. The van der Waals surface area contributed by atoms with Gasteiger partial charge in [0.25, 0.3) is 0 Å². The fourth-order valence-electron chi connectivity index (χ4n) is 1.99. The van der Waals surface area contributed by atoms with Crippen molar-refractivity contribution in [2.75, 3.05) is 7.11 Å². The van der Waals surface area contributed by atoms with Crippen LogP contribution in [0.2, 0.25) is 5.15 Å². The number of benzene rings is 1. The van der Waals surface area contributed by atoms with Crippen molar-refractivity contribution in [2.45, 2.75) is 6.54 Å². The Hall–Kier alpha value is -2.40. The SMILES string of the molecule is COc1ccc(Cn2cc(-c3cc(Cl)ncn3)cn2)cc1. The molecule has 21 heavy (non-hydrogen) atoms. The molecule has 6 heteroatoms. The number of nitrogens with zero attached hydrogens (tertiary/aromatic N) is 4. The van der Waals surface area contributed by atoms with E-state index in [-0.39, 0.29) is 0 Å². The summed E-state index contributed by atoms with van der Waals surface area (Å²) >= 11 is 5.87. The first-order chi connectivity index (χ1) is 10.2. The molecule has 0 N–H and O–H groups in total. The van der Waals surface area contributed by atoms with E-state index in [1.807, 2.05) is 35.1 Å². The third kappa shape index (κ3) is 3.20. The molecule has 0 fully saturated rings. The zero-order chi connectivity index (χ0) is 14.7. The number of ether oxygens (including phenoxy) is 1. The molecule has 5 nitrogen and oxygen atoms in total. The van der Waals surface area contributed by atoms with Crippen molar-refractivity contribution in [3.8, 4) is 17.0 Å². The highest BCUT2D eigenvalue weighted by Crippen LogP contribution is 2.19. The Bertz CT molecular complexity index is 739. The third-order valence-electron chi connectivity index (χ3n) is 3.07. The van der Waals surface area contributed by atoms with E-state index < -0.39 is 0 Å². The van der Waals surface area contributed by atoms with Crippen LogP contribution >= 0.6 is 11.6 Å². The molecule has 0 saturated carbocycles. The molecule has 0 bridgehead atoms. The van der Waals surface area contributed by atoms with Gasteiger partial charge in [-0.1, -0.05) is 23.7 Å². The van der Waals surface area contributed by atoms with Gasteiger partial charge in [0.2, 0.25) is 0 Å². The Morgan fingerprint density at radius 2 is 2.00 bits per heavy atom. The minimum atomic E-state index is 0.419. The monoisotopic (exact) mass is 300 g/mol. The quantitative estimate of drug-likeness (QED) is 0.695. The van der Waals surface area contributed by atoms with Crippen LogP contribution in [-0.2, 0) is 6.54 Å². The van der Waals surface area contributed by atoms with Gasteiger partial charge >= 0.3 is 0 Å². The van der Waals surface area contributed by atoms with Crippen LogP contribution < -0.4 is 4.74 Å². The Labute approximate surface area is 127 Å². The summed E-state index contributed by atoms with van der Waals surface area (Å²) in [6.07, 6.45) is 5.14. The lowest BCUT2D eigenvalue weighted by Gasteiger charge is -2.03. The summed E-state index contributed by atoms with van der Waals surface area (Å²) in [5.41, 5.74) is 2.81. The molecular weight excluding hydrogens is 288 g/mol. The Morgan fingerprint density at radius 1 is 1.19 bits per heavy atom. The van der Waals surface area contributed by atoms with E-state index in [1.165, 1.54) is 6.33 Å². The van der Waals surface area contributed by atoms with E-state index in [2.05, 4.69) is 15.1 Å². The Morgan fingerprint density at radius 3 is 2.71 bits per heavy atom. The summed E-state index contributed by atoms with van der Waals surface area (Å²) in [5, 5.41) is 4.76. The van der Waals surface area contributed by atoms with Gasteiger partial charge in [-0.3, -0.25) is 4.68 Å². The van der Waals surface area contributed by atoms with E-state index in [9.17, 15) is 0 Å². The lowest BCUT2D eigenvalue weighted by atomic mass is 10.2. The van der Waals surface area contributed by atoms with Gasteiger partial charge in [0.15, 0.2) is 0 Å². The van der Waals surface area contributed by atoms with Gasteiger partial charge < -0.3 is 4.74 Å². The maximum atomic E-state index is 5.87. The summed E-state index contributed by atoms with van der Waals surface area (Å²) in [4.78, 5) is 8.06. The number of hydrogen-bond acceptors (Lipinski definition) is 4. The molecule has 106 valence electrons. The van der Waals surface area contributed by atoms with Crippen LogP contribution in [0.4, 0.5) is 0 Å². The zero-order valence-electron chi connectivity index (χ0n) is 11.4. The fourth-order valence-corrected chi connectivity index (χ4v) is 2.14. The first kappa shape index (κ1) is 13.6. The molecule has 1 aromatic carbocycles. The average Bonchev–Trinajstić information content (AvgIpc) is 2.97. The van der Waals surface area contributed by atoms with E-state index in [4.69, 9.17) is 16.3 Å². The minimum Gasteiger partial charge on any atom is -0.497 e. The van der Waals surface area contributed by atoms with Crippen molar-refractivity contribution in [2.24, 2.45) is 0 Å². The second-order valence-corrected chi connectivity index (χ2v) is 4.89. The highest BCUT2D eigenvalue weighted by Gasteiger charge is 2.05. The molecule has 2 heterocycles. The fraction of sp³-hybridized carbons (Fsp3) is 0.133. The van der Waals surface area contributed by atoms with Gasteiger partial charge in [-0.25, -0.2) is 9.97 Å². The number of methoxy groups -OCH3 is 1. The van der Waals surface area contributed by atoms with Gasteiger partial charge in [0.1, 0.15) is 17.2 Å². The number of aromatic nitrogens is 4. The molecule has 0 saturated heterocycles. The molecule has 0 aliphatic carbocycles. The summed E-state index contributed by atoms with van der Waals surface area (Å²) in [6.45, 7) is 0.683. The van der Waals surface area contributed by atoms with Crippen molar-refractivity contribution in [3.63, 3.8) is 0 Å². The van der Waals surface area contributed by atoms with Crippen molar-refractivity contribution >= 4 is 11.6 Å². The number of hydrogen-bond donors (Lipinski definition) is 0. The number of halogens is 1. The maximum absolute atomic E-state index is 5.87. The van der Waals surface area contributed by atoms with E-state index in [1.54, 1.807) is 19.4 Å². The molecule has 0 aliphatic rings. The van der Waals surface area contributed by atoms with Gasteiger partial charge in [-0.2, -0.15) is 5.10 Å². The van der Waals surface area contributed by atoms with E-state index in [0.717, 1.165) is 22.6 Å². The second kappa shape index (κ2) is 5.93. The molecule has 0 aliphatic heterocycles. The van der Waals surface area contributed by atoms with Gasteiger partial charge in [0, 0.05) is 17.8 Å². The third-order valence-corrected chi connectivity index (χ3v) is 3.27. The van der Waals surface area contributed by atoms with Crippen LogP contribution in [0.15, 0.2) is 49.1 Å². The standard InChI is InChI=1S/C15H13ClN4O/c1-21-13-4-2-11(3-5-13)8-20-9-12(7-19-20)14-6-15(16)18-10-17-14/h2-7,9-10H,8H2,1H3. The summed E-state index contributed by atoms with van der Waals surface area (Å²) in [7, 11) is 1.65. The van der Waals surface area contributed by atoms with E-state index >= 15 is 0 Å². The maximum Gasteiger partial charge on any atom is 0.133 e. The summed E-state index contributed by atoms with van der Waals surface area (Å²) in [5.74, 6) is 0.843. The highest BCUT2D eigenvalue weighted by atomic mass is 35.5. The molecule has 0 spiro atoms. The van der Waals surface area contributed by atoms with Crippen LogP contribution in [0.5, 0.6) is 5.75 Å². The molecule has 0 radical (unpaired) electrons. The molecule has 3 aromatic rings. The smallest absolute Gasteiger partial charge is 0.133 e. The minimum absolute atomic E-state index is 0.419. The highest BCUT2D eigenvalue weighted by molar-refractivity contribution is 6.29. The lowest BCUT2D eigenvalue weighted by molar-refractivity contribution is 0.414. The topological polar surface area (TPSA) is 52.8 Å². The normalized spacial score (nSPS) is 10.6. The molecule has 2 aromatic heterocycles. The summed E-state index contributed by atoms with van der Waals surface area (Å²) in [6, 6.07) is 9.62. The second-order valence-electron chi connectivity index (χ2n) is 4.50. The molecule has 0 amide bonds. The predicted octanol–water partition coefficient (Wildman–Crippen LogP) is 3.05. The van der Waals surface area contributed by atoms with Crippen LogP contribution in [0.1, 0.15) is 5.56 Å². The predicted molar refractivity (Wildman–Crippen MR) is 80.4 cm³/mol. The first-order valence-corrected chi connectivity index (χ1v) is 6.76. The van der Waals surface area contributed by atoms with Gasteiger partial charge in [0.05, 0.1) is 25.5 Å². The van der Waals surface area contributed by atoms with Gasteiger partial charge in [-0.05, 0) is 17.7 Å². The molecule has 3 rings (SSSR count). The summed E-state index contributed by atoms with van der Waals surface area (Å²) < 4.78 is 7.00.